The number of amides is 3. The van der Waals surface area contributed by atoms with Crippen molar-refractivity contribution in [3.8, 4) is 0 Å². The zero-order chi connectivity index (χ0) is 17.2. The highest BCUT2D eigenvalue weighted by molar-refractivity contribution is 7.82. The fourth-order valence-corrected chi connectivity index (χ4v) is 1.93. The summed E-state index contributed by atoms with van der Waals surface area (Å²) < 4.78 is 1.08. The van der Waals surface area contributed by atoms with E-state index in [1.54, 1.807) is 18.2 Å². The van der Waals surface area contributed by atoms with E-state index in [0.717, 1.165) is 4.31 Å². The van der Waals surface area contributed by atoms with Crippen molar-refractivity contribution in [2.45, 2.75) is 6.92 Å². The zero-order valence-corrected chi connectivity index (χ0v) is 14.6. The summed E-state index contributed by atoms with van der Waals surface area (Å²) in [4.78, 5) is 30.5. The average Bonchev–Trinajstić information content (AvgIpc) is 2.51. The van der Waals surface area contributed by atoms with E-state index in [2.05, 4.69) is 68.2 Å². The quantitative estimate of drug-likeness (QED) is 0.312. The smallest absolute Gasteiger partial charge is 0.331 e. The van der Waals surface area contributed by atoms with Gasteiger partial charge in [0.1, 0.15) is 0 Å². The van der Waals surface area contributed by atoms with Gasteiger partial charge >= 0.3 is 6.03 Å². The molecule has 0 spiro atoms. The summed E-state index contributed by atoms with van der Waals surface area (Å²) in [5, 5.41) is 9.64. The minimum absolute atomic E-state index is 0.171. The Kier molecular flexibility index (Phi) is 8.10. The van der Waals surface area contributed by atoms with Crippen molar-refractivity contribution < 1.29 is 9.59 Å². The standard InChI is InChI=1S/C13H13N5O2S3/c1-9(19)14-2-3-15-13(20)18(23)12-5-10(16-7-21)4-11(6-12)17-8-22/h4-6,23H,2-3H2,1H3,(H,14,19)(H,15,20). The molecule has 0 aliphatic carbocycles. The Bertz CT molecular complexity index is 661. The summed E-state index contributed by atoms with van der Waals surface area (Å²) in [7, 11) is 0. The molecule has 0 aliphatic rings. The average molecular weight is 367 g/mol. The number of benzene rings is 1. The van der Waals surface area contributed by atoms with E-state index in [9.17, 15) is 9.59 Å². The molecular weight excluding hydrogens is 354 g/mol. The first-order valence-corrected chi connectivity index (χ1v) is 7.51. The minimum Gasteiger partial charge on any atom is -0.355 e. The Balaban J connectivity index is 2.86. The van der Waals surface area contributed by atoms with E-state index in [0.29, 0.717) is 23.6 Å². The predicted octanol–water partition coefficient (Wildman–Crippen LogP) is 2.65. The minimum atomic E-state index is -0.473. The fourth-order valence-electron chi connectivity index (χ4n) is 1.54. The van der Waals surface area contributed by atoms with Gasteiger partial charge in [0.2, 0.25) is 5.91 Å². The van der Waals surface area contributed by atoms with Crippen LogP contribution in [0, 0.1) is 0 Å². The van der Waals surface area contributed by atoms with Crippen molar-refractivity contribution in [2.24, 2.45) is 9.98 Å². The summed E-state index contributed by atoms with van der Waals surface area (Å²) in [6.07, 6.45) is 0. The van der Waals surface area contributed by atoms with Gasteiger partial charge in [-0.1, -0.05) is 12.8 Å². The predicted molar refractivity (Wildman–Crippen MR) is 99.4 cm³/mol. The van der Waals surface area contributed by atoms with Gasteiger partial charge in [0.15, 0.2) is 0 Å². The summed E-state index contributed by atoms with van der Waals surface area (Å²) in [5.74, 6) is -0.171. The van der Waals surface area contributed by atoms with Crippen LogP contribution < -0.4 is 14.9 Å². The molecule has 0 unspecified atom stereocenters. The van der Waals surface area contributed by atoms with Crippen LogP contribution in [0.15, 0.2) is 28.2 Å². The lowest BCUT2D eigenvalue weighted by Crippen LogP contribution is -2.39. The molecule has 10 heteroatoms. The molecule has 1 aromatic rings. The second kappa shape index (κ2) is 9.83. The van der Waals surface area contributed by atoms with E-state index >= 15 is 0 Å². The van der Waals surface area contributed by atoms with Crippen molar-refractivity contribution in [3.63, 3.8) is 0 Å². The Morgan fingerprint density at radius 2 is 1.65 bits per heavy atom. The van der Waals surface area contributed by atoms with Crippen molar-refractivity contribution >= 4 is 76.6 Å². The van der Waals surface area contributed by atoms with Gasteiger partial charge in [-0.2, -0.15) is 9.98 Å². The SMILES string of the molecule is CC(=O)NCCNC(=O)N(S)c1cc(N=C=S)cc(N=C=S)c1. The largest absolute Gasteiger partial charge is 0.355 e. The third-order valence-electron chi connectivity index (χ3n) is 2.45. The molecule has 0 heterocycles. The van der Waals surface area contributed by atoms with E-state index in [1.807, 2.05) is 0 Å². The molecule has 23 heavy (non-hydrogen) atoms. The molecule has 2 N–H and O–H groups in total. The topological polar surface area (TPSA) is 86.2 Å². The van der Waals surface area contributed by atoms with Crippen molar-refractivity contribution in [3.05, 3.63) is 18.2 Å². The highest BCUT2D eigenvalue weighted by atomic mass is 32.1. The van der Waals surface area contributed by atoms with E-state index in [-0.39, 0.29) is 12.5 Å². The molecule has 0 bridgehead atoms. The normalized spacial score (nSPS) is 9.13. The maximum Gasteiger partial charge on any atom is 0.331 e. The van der Waals surface area contributed by atoms with Crippen LogP contribution in [0.5, 0.6) is 0 Å². The Labute approximate surface area is 149 Å². The Hall–Kier alpha value is -2.09. The number of nitrogens with one attached hydrogen (secondary N) is 2. The second-order valence-electron chi connectivity index (χ2n) is 4.14. The number of thiocarbonyl (C=S) groups is 2. The number of carbonyl (C=O) groups is 2. The van der Waals surface area contributed by atoms with Crippen LogP contribution in [-0.2, 0) is 4.79 Å². The highest BCUT2D eigenvalue weighted by Gasteiger charge is 2.13. The van der Waals surface area contributed by atoms with E-state index < -0.39 is 6.03 Å². The number of urea groups is 1. The molecule has 0 aliphatic heterocycles. The molecule has 7 nitrogen and oxygen atoms in total. The molecule has 0 saturated heterocycles. The van der Waals surface area contributed by atoms with Crippen LogP contribution in [0.25, 0.3) is 0 Å². The molecule has 1 aromatic carbocycles. The number of rotatable bonds is 6. The number of thiol groups is 1. The number of hydrogen-bond acceptors (Lipinski definition) is 7. The first-order chi connectivity index (χ1) is 11.0. The Morgan fingerprint density at radius 1 is 1.13 bits per heavy atom. The van der Waals surface area contributed by atoms with Crippen LogP contribution in [-0.4, -0.2) is 35.4 Å². The molecule has 0 atom stereocenters. The molecule has 120 valence electrons. The molecule has 0 aromatic heterocycles. The summed E-state index contributed by atoms with van der Waals surface area (Å²) in [6, 6.07) is 4.31. The molecule has 0 fully saturated rings. The first kappa shape index (κ1) is 19.0. The first-order valence-electron chi connectivity index (χ1n) is 6.30. The van der Waals surface area contributed by atoms with Crippen molar-refractivity contribution in [1.29, 1.82) is 0 Å². The summed E-state index contributed by atoms with van der Waals surface area (Å²) in [5.41, 5.74) is 1.32. The summed E-state index contributed by atoms with van der Waals surface area (Å²) in [6.45, 7) is 1.98. The van der Waals surface area contributed by atoms with E-state index in [4.69, 9.17) is 0 Å². The third kappa shape index (κ3) is 6.68. The lowest BCUT2D eigenvalue weighted by molar-refractivity contribution is -0.118. The van der Waals surface area contributed by atoms with Gasteiger partial charge in [0, 0.05) is 20.0 Å². The van der Waals surface area contributed by atoms with E-state index in [1.165, 1.54) is 6.92 Å². The van der Waals surface area contributed by atoms with Gasteiger partial charge in [-0.05, 0) is 42.6 Å². The van der Waals surface area contributed by atoms with Crippen LogP contribution >= 0.6 is 37.3 Å². The summed E-state index contributed by atoms with van der Waals surface area (Å²) >= 11 is 13.3. The number of hydrogen-bond donors (Lipinski definition) is 3. The Morgan fingerprint density at radius 3 is 2.13 bits per heavy atom. The zero-order valence-electron chi connectivity index (χ0n) is 12.1. The number of isothiocyanates is 2. The second-order valence-corrected chi connectivity index (χ2v) is 4.91. The highest BCUT2D eigenvalue weighted by Crippen LogP contribution is 2.29. The lowest BCUT2D eigenvalue weighted by atomic mass is 10.2. The van der Waals surface area contributed by atoms with Crippen LogP contribution in [0.3, 0.4) is 0 Å². The number of anilines is 1. The van der Waals surface area contributed by atoms with Crippen molar-refractivity contribution in [1.82, 2.24) is 10.6 Å². The van der Waals surface area contributed by atoms with Gasteiger partial charge in [-0.15, -0.1) is 0 Å². The maximum atomic E-state index is 12.0. The molecule has 0 radical (unpaired) electrons. The third-order valence-corrected chi connectivity index (χ3v) is 3.04. The van der Waals surface area contributed by atoms with Crippen LogP contribution in [0.4, 0.5) is 21.9 Å². The molecule has 3 amide bonds. The van der Waals surface area contributed by atoms with Gasteiger partial charge in [0.05, 0.1) is 27.4 Å². The van der Waals surface area contributed by atoms with Crippen molar-refractivity contribution in [2.75, 3.05) is 17.4 Å². The van der Waals surface area contributed by atoms with Gasteiger partial charge in [0.25, 0.3) is 0 Å². The molecule has 0 saturated carbocycles. The number of aliphatic imine (C=N–C) groups is 2. The lowest BCUT2D eigenvalue weighted by Gasteiger charge is -2.17. The van der Waals surface area contributed by atoms with Gasteiger partial charge < -0.3 is 10.6 Å². The molecular formula is C13H13N5O2S3. The van der Waals surface area contributed by atoms with Crippen LogP contribution in [0.1, 0.15) is 6.92 Å². The molecule has 1 rings (SSSR count). The fraction of sp³-hybridized carbons (Fsp3) is 0.231. The number of nitrogens with zero attached hydrogens (tertiary/aromatic N) is 3. The monoisotopic (exact) mass is 367 g/mol. The maximum absolute atomic E-state index is 12.0. The van der Waals surface area contributed by atoms with Gasteiger partial charge in [-0.3, -0.25) is 4.79 Å². The number of carbonyl (C=O) groups excluding carboxylic acids is 2. The van der Waals surface area contributed by atoms with Crippen LogP contribution in [0.2, 0.25) is 0 Å². The van der Waals surface area contributed by atoms with Gasteiger partial charge in [-0.25, -0.2) is 9.10 Å².